The summed E-state index contributed by atoms with van der Waals surface area (Å²) in [5.74, 6) is 0. The number of hydrogen-bond acceptors (Lipinski definition) is 2. The fourth-order valence-corrected chi connectivity index (χ4v) is 0. The van der Waals surface area contributed by atoms with E-state index in [1.807, 2.05) is 0 Å². The third-order valence-corrected chi connectivity index (χ3v) is 0. The van der Waals surface area contributed by atoms with E-state index in [4.69, 9.17) is 11.4 Å². The van der Waals surface area contributed by atoms with Crippen molar-refractivity contribution in [3.63, 3.8) is 0 Å². The Bertz CT molecular complexity index is 61.3. The SMILES string of the molecule is [CaH2].[Cr].[Cr].[O]=[V](=[O])[OH]. The van der Waals surface area contributed by atoms with Gasteiger partial charge in [-0.2, -0.15) is 0 Å². The molecule has 0 saturated carbocycles. The molecule has 0 aromatic heterocycles. The fourth-order valence-electron chi connectivity index (χ4n) is 0. The molecule has 0 aliphatic carbocycles. The third-order valence-electron chi connectivity index (χ3n) is 0. The first kappa shape index (κ1) is 22.7. The summed E-state index contributed by atoms with van der Waals surface area (Å²) >= 11 is -3.69. The van der Waals surface area contributed by atoms with E-state index in [2.05, 4.69) is 0 Å². The Labute approximate surface area is 97.5 Å². The van der Waals surface area contributed by atoms with Crippen LogP contribution in [0.2, 0.25) is 0 Å². The predicted octanol–water partition coefficient (Wildman–Crippen LogP) is -1.72. The third kappa shape index (κ3) is 58.1. The Morgan fingerprint density at radius 1 is 1.14 bits per heavy atom. The second kappa shape index (κ2) is 15.8. The van der Waals surface area contributed by atoms with E-state index in [1.165, 1.54) is 0 Å². The maximum absolute atomic E-state index is 8.67. The Hall–Kier alpha value is 2.47. The Kier molecular flexibility index (Phi) is 51.2. The van der Waals surface area contributed by atoms with Crippen molar-refractivity contribution in [3.8, 4) is 0 Å². The predicted molar refractivity (Wildman–Crippen MR) is 12.1 cm³/mol. The molecule has 0 bridgehead atoms. The van der Waals surface area contributed by atoms with Crippen LogP contribution in [0.3, 0.4) is 0 Å². The van der Waals surface area contributed by atoms with Crippen LogP contribution in [-0.4, -0.2) is 41.8 Å². The van der Waals surface area contributed by atoms with Crippen molar-refractivity contribution in [2.45, 2.75) is 0 Å². The Morgan fingerprint density at radius 2 is 1.14 bits per heavy atom. The van der Waals surface area contributed by atoms with Gasteiger partial charge >= 0.3 is 64.5 Å². The molecule has 7 heavy (non-hydrogen) atoms. The van der Waals surface area contributed by atoms with Gasteiger partial charge in [-0.25, -0.2) is 0 Å². The van der Waals surface area contributed by atoms with Crippen LogP contribution < -0.4 is 0 Å². The first-order valence-electron chi connectivity index (χ1n) is 0.565. The van der Waals surface area contributed by atoms with E-state index in [-0.39, 0.29) is 72.5 Å². The molecule has 0 aromatic rings. The van der Waals surface area contributed by atoms with Crippen LogP contribution in [0.25, 0.3) is 0 Å². The van der Waals surface area contributed by atoms with E-state index >= 15 is 0 Å². The summed E-state index contributed by atoms with van der Waals surface area (Å²) in [7, 11) is 0. The van der Waals surface area contributed by atoms with Gasteiger partial charge in [-0.05, 0) is 0 Å². The van der Waals surface area contributed by atoms with Gasteiger partial charge in [0.05, 0.1) is 0 Å². The van der Waals surface area contributed by atoms with Crippen LogP contribution >= 0.6 is 0 Å². The normalized spacial score (nSPS) is 3.57. The molecule has 0 saturated heterocycles. The van der Waals surface area contributed by atoms with Gasteiger partial charge < -0.3 is 0 Å². The second-order valence-electron chi connectivity index (χ2n) is 0.238. The molecule has 0 unspecified atom stereocenters. The maximum atomic E-state index is 8.67. The summed E-state index contributed by atoms with van der Waals surface area (Å²) in [5.41, 5.74) is 0. The van der Waals surface area contributed by atoms with Crippen molar-refractivity contribution in [1.82, 2.24) is 0 Å². The molecule has 1 N–H and O–H groups in total. The molecule has 0 fully saturated rings. The summed E-state index contributed by atoms with van der Waals surface area (Å²) in [6.45, 7) is 0. The average molecular weight is 246 g/mol. The van der Waals surface area contributed by atoms with Gasteiger partial charge in [-0.1, -0.05) is 0 Å². The van der Waals surface area contributed by atoms with Crippen LogP contribution in [0.5, 0.6) is 0 Å². The van der Waals surface area contributed by atoms with Crippen molar-refractivity contribution in [2.75, 3.05) is 0 Å². The van der Waals surface area contributed by atoms with Crippen LogP contribution in [-0.2, 0) is 57.5 Å². The van der Waals surface area contributed by atoms with Crippen LogP contribution in [0.1, 0.15) is 0 Å². The molecule has 0 amide bonds. The molecule has 0 aliphatic heterocycles. The van der Waals surface area contributed by atoms with E-state index in [9.17, 15) is 0 Å². The molecule has 40 valence electrons. The summed E-state index contributed by atoms with van der Waals surface area (Å²) < 4.78 is 24.4. The van der Waals surface area contributed by atoms with E-state index in [0.717, 1.165) is 0 Å². The molecule has 0 spiro atoms. The Balaban J connectivity index is -0.0000000150. The van der Waals surface area contributed by atoms with Gasteiger partial charge in [0.25, 0.3) is 0 Å². The summed E-state index contributed by atoms with van der Waals surface area (Å²) in [6.07, 6.45) is 0. The summed E-state index contributed by atoms with van der Waals surface area (Å²) in [6, 6.07) is 0. The molecule has 7 heteroatoms. The second-order valence-corrected chi connectivity index (χ2v) is 0.981. The van der Waals surface area contributed by atoms with Crippen molar-refractivity contribution in [1.29, 1.82) is 0 Å². The van der Waals surface area contributed by atoms with Gasteiger partial charge in [-0.15, -0.1) is 0 Å². The molecule has 0 atom stereocenters. The van der Waals surface area contributed by atoms with Gasteiger partial charge in [0.15, 0.2) is 0 Å². The zero-order chi connectivity index (χ0) is 3.58. The van der Waals surface area contributed by atoms with Crippen molar-refractivity contribution in [2.24, 2.45) is 0 Å². The van der Waals surface area contributed by atoms with Gasteiger partial charge in [0.1, 0.15) is 0 Å². The van der Waals surface area contributed by atoms with E-state index in [0.29, 0.717) is 0 Å². The average Bonchev–Trinajstić information content (AvgIpc) is 0.811. The number of hydrogen-bond donors (Lipinski definition) is 1. The van der Waals surface area contributed by atoms with Crippen LogP contribution in [0, 0.1) is 0 Å². The molecule has 0 rings (SSSR count). The number of rotatable bonds is 0. The molecular formula is H3CaCr2O3V. The van der Waals surface area contributed by atoms with Gasteiger partial charge in [0.2, 0.25) is 0 Å². The van der Waals surface area contributed by atoms with Gasteiger partial charge in [-0.3, -0.25) is 0 Å². The minimum atomic E-state index is -3.69. The zero-order valence-corrected chi connectivity index (χ0v) is 6.47. The molecule has 3 nitrogen and oxygen atoms in total. The molecule has 0 aromatic carbocycles. The molecule has 0 aliphatic rings. The summed E-state index contributed by atoms with van der Waals surface area (Å²) in [5, 5.41) is 0. The van der Waals surface area contributed by atoms with Crippen molar-refractivity contribution < 1.29 is 61.5 Å². The minimum absolute atomic E-state index is 0. The molecular weight excluding hydrogens is 243 g/mol. The summed E-state index contributed by atoms with van der Waals surface area (Å²) in [4.78, 5) is 0. The fraction of sp³-hybridized carbons (Fsp3) is 0. The molecule has 0 heterocycles. The van der Waals surface area contributed by atoms with E-state index < -0.39 is 15.4 Å². The first-order valence-corrected chi connectivity index (χ1v) is 2.33. The quantitative estimate of drug-likeness (QED) is 0.517. The topological polar surface area (TPSA) is 54.4 Å². The van der Waals surface area contributed by atoms with Crippen LogP contribution in [0.4, 0.5) is 0 Å². The van der Waals surface area contributed by atoms with Gasteiger partial charge in [0, 0.05) is 34.7 Å². The zero-order valence-electron chi connectivity index (χ0n) is 2.53. The first-order chi connectivity index (χ1) is 1.73. The van der Waals surface area contributed by atoms with Crippen LogP contribution in [0.15, 0.2) is 0 Å². The van der Waals surface area contributed by atoms with Crippen molar-refractivity contribution in [3.05, 3.63) is 0 Å². The monoisotopic (exact) mass is 246 g/mol. The van der Waals surface area contributed by atoms with E-state index in [1.54, 1.807) is 0 Å². The van der Waals surface area contributed by atoms with Crippen molar-refractivity contribution >= 4 is 37.7 Å². The molecule has 0 radical (unpaired) electrons. The Morgan fingerprint density at radius 3 is 1.14 bits per heavy atom. The standard InChI is InChI=1S/Ca.2Cr.H2O.2O.V.2H/h;;;1H2;;;;;/q;;;;;;+1;;/p-1.